The number of nitrogens with zero attached hydrogens (tertiary/aromatic N) is 3. The van der Waals surface area contributed by atoms with Crippen LogP contribution in [0, 0.1) is 11.8 Å². The molecular weight excluding hydrogens is 1350 g/mol. The van der Waals surface area contributed by atoms with E-state index in [4.69, 9.17) is 24.4 Å². The maximum atomic E-state index is 13.4. The Kier molecular flexibility index (Phi) is 32.5. The molecule has 6 aliphatic heterocycles. The van der Waals surface area contributed by atoms with Crippen molar-refractivity contribution >= 4 is 62.0 Å². The zero-order chi connectivity index (χ0) is 69.5. The molecule has 10 nitrogen and oxygen atoms in total. The van der Waals surface area contributed by atoms with Crippen LogP contribution < -0.4 is 37.2 Å². The van der Waals surface area contributed by atoms with E-state index in [2.05, 4.69) is 224 Å². The Hall–Kier alpha value is -8.07. The zero-order valence-electron chi connectivity index (χ0n) is 56.3. The smallest absolute Gasteiger partial charge is 0.356 e. The summed E-state index contributed by atoms with van der Waals surface area (Å²) in [6.45, 7) is 10.4. The van der Waals surface area contributed by atoms with E-state index in [1.54, 1.807) is 6.20 Å². The molecule has 18 heteroatoms. The van der Waals surface area contributed by atoms with Crippen LogP contribution in [0.25, 0.3) is 21.7 Å². The summed E-state index contributed by atoms with van der Waals surface area (Å²) >= 11 is 11.3. The second-order valence-electron chi connectivity index (χ2n) is 26.6. The molecule has 12 atom stereocenters. The van der Waals surface area contributed by atoms with Crippen molar-refractivity contribution in [3.8, 4) is 0 Å². The maximum Gasteiger partial charge on any atom is 0.416 e. The summed E-state index contributed by atoms with van der Waals surface area (Å²) < 4.78 is 80.3. The molecule has 7 N–H and O–H groups in total. The number of likely N-dealkylation sites (N-methyl/N-ethyl adjacent to an activating group) is 2. The van der Waals surface area contributed by atoms with Crippen LogP contribution in [0.5, 0.6) is 0 Å². The van der Waals surface area contributed by atoms with Gasteiger partial charge in [-0.05, 0) is 203 Å². The fourth-order valence-electron chi connectivity index (χ4n) is 15.2. The van der Waals surface area contributed by atoms with Gasteiger partial charge in [-0.3, -0.25) is 9.88 Å². The van der Waals surface area contributed by atoms with Crippen LogP contribution in [-0.4, -0.2) is 83.4 Å². The van der Waals surface area contributed by atoms with Crippen molar-refractivity contribution < 1.29 is 26.3 Å². The fraction of sp³-hybridized carbons (Fsp3) is 0.384. The van der Waals surface area contributed by atoms with Crippen molar-refractivity contribution in [2.45, 2.75) is 162 Å². The third-order valence-corrected chi connectivity index (χ3v) is 20.7. The predicted molar refractivity (Wildman–Crippen MR) is 432 cm³/mol. The Morgan fingerprint density at radius 2 is 1.14 bits per heavy atom. The van der Waals surface area contributed by atoms with Crippen molar-refractivity contribution in [2.24, 2.45) is 11.8 Å². The maximum absolute atomic E-state index is 13.4. The lowest BCUT2D eigenvalue weighted by Crippen LogP contribution is -2.57. The monoisotopic (exact) mass is 1460 g/mol. The van der Waals surface area contributed by atoms with Gasteiger partial charge in [-0.15, -0.1) is 6.58 Å². The van der Waals surface area contributed by atoms with Crippen LogP contribution in [0.2, 0.25) is 0 Å². The number of aromatic nitrogens is 1. The van der Waals surface area contributed by atoms with Gasteiger partial charge in [0.25, 0.3) is 0 Å². The second-order valence-corrected chi connectivity index (χ2v) is 27.4. The molecule has 558 valence electrons. The Bertz CT molecular complexity index is 3980. The molecule has 2 bridgehead atoms. The van der Waals surface area contributed by atoms with E-state index in [1.165, 1.54) is 90.2 Å². The van der Waals surface area contributed by atoms with Gasteiger partial charge >= 0.3 is 12.4 Å². The summed E-state index contributed by atoms with van der Waals surface area (Å²) in [5.41, 5.74) is 4.89. The van der Waals surface area contributed by atoms with Crippen LogP contribution >= 0.6 is 24.4 Å². The Labute approximate surface area is 626 Å². The average Bonchev–Trinajstić information content (AvgIpc) is 1.14. The topological polar surface area (TPSA) is 104 Å². The molecule has 104 heavy (non-hydrogen) atoms. The summed E-state index contributed by atoms with van der Waals surface area (Å²) in [6.07, 6.45) is 3.68. The van der Waals surface area contributed by atoms with Gasteiger partial charge in [0.1, 0.15) is 0 Å². The molecule has 7 heterocycles. The van der Waals surface area contributed by atoms with Crippen LogP contribution in [0.15, 0.2) is 231 Å². The number of nitrogens with one attached hydrogen (secondary N) is 7. The first-order chi connectivity index (χ1) is 47.9. The third-order valence-electron chi connectivity index (χ3n) is 20.3. The summed E-state index contributed by atoms with van der Waals surface area (Å²) in [7, 11) is 4.25. The lowest BCUT2D eigenvalue weighted by atomic mass is 9.73. The lowest BCUT2D eigenvalue weighted by Gasteiger charge is -2.52. The molecule has 6 aliphatic rings. The molecule has 6 saturated heterocycles. The molecule has 6 fully saturated rings. The van der Waals surface area contributed by atoms with Gasteiger partial charge in [-0.2, -0.15) is 26.3 Å². The van der Waals surface area contributed by atoms with Gasteiger partial charge in [0.05, 0.1) is 40.8 Å². The van der Waals surface area contributed by atoms with E-state index >= 15 is 0 Å². The van der Waals surface area contributed by atoms with Crippen molar-refractivity contribution in [3.05, 3.63) is 276 Å². The minimum absolute atomic E-state index is 0. The number of halogens is 6. The summed E-state index contributed by atoms with van der Waals surface area (Å²) in [5, 5.41) is 27.7. The predicted octanol–water partition coefficient (Wildman–Crippen LogP) is 21.1. The highest BCUT2D eigenvalue weighted by Crippen LogP contribution is 2.44. The first-order valence-electron chi connectivity index (χ1n) is 34.6. The third kappa shape index (κ3) is 21.8. The minimum atomic E-state index is -4.96. The Balaban J connectivity index is 0.000000233. The number of anilines is 1. The van der Waals surface area contributed by atoms with E-state index in [0.717, 1.165) is 54.5 Å². The van der Waals surface area contributed by atoms with Crippen molar-refractivity contribution in [1.82, 2.24) is 46.7 Å². The number of likely N-dealkylation sites (tertiary alicyclic amines) is 1. The quantitative estimate of drug-likeness (QED) is 0.0302. The van der Waals surface area contributed by atoms with Crippen LogP contribution in [0.4, 0.5) is 32.0 Å². The van der Waals surface area contributed by atoms with E-state index in [9.17, 15) is 26.3 Å². The number of pyridine rings is 1. The summed E-state index contributed by atoms with van der Waals surface area (Å²) in [6, 6.07) is 70.5. The molecule has 0 aliphatic carbocycles. The summed E-state index contributed by atoms with van der Waals surface area (Å²) in [5.74, 6) is 0.787. The van der Waals surface area contributed by atoms with Gasteiger partial charge < -0.3 is 42.1 Å². The standard InChI is InChI=1S/C28H26F6N4S.C28H29N3S.C16H17N.C9H18N2.5CH4/c1-2-16-15-38-10-8-17(16)11-24(38)25(22-7-9-35-23-6-4-3-5-21(22)23)37-26(39)36-20-13-18(27(29,30)31)12-19(14-20)28(32,33)34;1-20(24-19-11-17-21-12-9-10-18-25(21)24)30-28(32)31-27(23-15-7-4-8-16-23)26(29-2)22-13-5-3-6-14-22;1-3-7-13(8-4-1)15-11-12-16(17-15)14-9-5-2-6-10-14;1-11-7-3-5-9(11)8-4-2-6-10-8;;;;;/h2-7,9,12-14,16-17,24-25H,1,8,10-11,15H2,(H2,36,37,39);3-20,26-27,29H,1-2H3,(H2,30,31,32);1-10,15-17H,11-12H2;8-10H,2-7H2,1H3;5*1H4/t16?,17?,24?,25-;20-,26-,27?;15-,16?;8-,9?;;;;;/m1000...../s1. The highest BCUT2D eigenvalue weighted by Gasteiger charge is 2.44. The first-order valence-corrected chi connectivity index (χ1v) is 35.4. The molecular formula is C86H110F6N10S2. The summed E-state index contributed by atoms with van der Waals surface area (Å²) in [4.78, 5) is 9.31. The number of benzene rings is 8. The van der Waals surface area contributed by atoms with Gasteiger partial charge in [0.2, 0.25) is 0 Å². The molecule has 0 radical (unpaired) electrons. The van der Waals surface area contributed by atoms with Gasteiger partial charge in [0.15, 0.2) is 10.2 Å². The van der Waals surface area contributed by atoms with Crippen molar-refractivity contribution in [3.63, 3.8) is 0 Å². The number of rotatable bonds is 15. The minimum Gasteiger partial charge on any atom is -0.356 e. The number of hydrogen-bond acceptors (Lipinski definition) is 8. The number of alkyl halides is 6. The van der Waals surface area contributed by atoms with E-state index in [0.29, 0.717) is 41.2 Å². The van der Waals surface area contributed by atoms with Gasteiger partial charge in [-0.1, -0.05) is 225 Å². The number of hydrogen-bond donors (Lipinski definition) is 7. The lowest BCUT2D eigenvalue weighted by molar-refractivity contribution is -0.143. The van der Waals surface area contributed by atoms with Crippen molar-refractivity contribution in [1.29, 1.82) is 0 Å². The van der Waals surface area contributed by atoms with Crippen LogP contribution in [0.3, 0.4) is 0 Å². The average molecular weight is 1460 g/mol. The number of para-hydroxylation sites is 1. The highest BCUT2D eigenvalue weighted by atomic mass is 32.1. The largest absolute Gasteiger partial charge is 0.416 e. The molecule has 0 amide bonds. The molecule has 0 saturated carbocycles. The first kappa shape index (κ1) is 84.9. The van der Waals surface area contributed by atoms with E-state index in [-0.39, 0.29) is 78.5 Å². The Morgan fingerprint density at radius 3 is 1.68 bits per heavy atom. The molecule has 9 aromatic rings. The highest BCUT2D eigenvalue weighted by molar-refractivity contribution is 7.80. The normalized spacial score (nSPS) is 21.3. The van der Waals surface area contributed by atoms with Crippen LogP contribution in [0.1, 0.15) is 176 Å². The van der Waals surface area contributed by atoms with Gasteiger partial charge in [0, 0.05) is 54.0 Å². The zero-order valence-corrected chi connectivity index (χ0v) is 58.0. The SMILES string of the molecule is C.C.C.C.C.C=CC1CN2CCC1CC2[C@H](NC(=S)Nc1cc(C(F)(F)F)cc(C(F)(F)F)c1)c1ccnc2ccccc12.CN1CCCC1[C@@H]1CCCN1.CN[C@@H](c1ccccc1)C(NC(=S)N[C@@H](C)c1cccc2ccccc12)c1ccccc1.c1ccc(C2CC[C@@H](c3ccccc3)N2)cc1. The van der Waals surface area contributed by atoms with E-state index in [1.807, 2.05) is 55.6 Å². The fourth-order valence-corrected chi connectivity index (χ4v) is 15.8. The number of thiocarbonyl (C=S) groups is 2. The molecule has 15 rings (SSSR count). The molecule has 0 spiro atoms. The molecule has 7 unspecified atom stereocenters. The Morgan fingerprint density at radius 1 is 0.587 bits per heavy atom. The number of fused-ring (bicyclic) bond motifs is 5. The van der Waals surface area contributed by atoms with Gasteiger partial charge in [-0.25, -0.2) is 0 Å². The molecule has 8 aromatic carbocycles. The second kappa shape index (κ2) is 39.9. The van der Waals surface area contributed by atoms with Crippen molar-refractivity contribution in [2.75, 3.05) is 45.6 Å². The van der Waals surface area contributed by atoms with Crippen LogP contribution in [-0.2, 0) is 12.4 Å². The van der Waals surface area contributed by atoms with E-state index < -0.39 is 29.2 Å². The molecule has 1 aromatic heterocycles. The number of piperidine rings is 3.